The van der Waals surface area contributed by atoms with Gasteiger partial charge >= 0.3 is 5.97 Å². The van der Waals surface area contributed by atoms with Gasteiger partial charge in [0.25, 0.3) is 0 Å². The largest absolute Gasteiger partial charge is 0.496 e. The Morgan fingerprint density at radius 2 is 1.82 bits per heavy atom. The summed E-state index contributed by atoms with van der Waals surface area (Å²) in [4.78, 5) is 19.4. The first-order valence-electron chi connectivity index (χ1n) is 9.23. The maximum Gasteiger partial charge on any atom is 0.340 e. The molecule has 0 aliphatic rings. The van der Waals surface area contributed by atoms with Gasteiger partial charge in [-0.2, -0.15) is 0 Å². The second-order valence-electron chi connectivity index (χ2n) is 7.05. The molecule has 3 rings (SSSR count). The van der Waals surface area contributed by atoms with E-state index in [9.17, 15) is 4.79 Å². The summed E-state index contributed by atoms with van der Waals surface area (Å²) < 4.78 is 10.5. The first-order chi connectivity index (χ1) is 13.4. The number of methoxy groups -OCH3 is 2. The molecule has 0 atom stereocenters. The maximum atomic E-state index is 12.5. The van der Waals surface area contributed by atoms with Crippen LogP contribution in [0, 0.1) is 13.8 Å². The smallest absolute Gasteiger partial charge is 0.340 e. The van der Waals surface area contributed by atoms with Crippen molar-refractivity contribution in [3.05, 3.63) is 70.4 Å². The molecule has 0 amide bonds. The number of benzene rings is 2. The lowest BCUT2D eigenvalue weighted by atomic mass is 10.0. The topological polar surface area (TPSA) is 51.7 Å². The van der Waals surface area contributed by atoms with Crippen LogP contribution in [0.4, 0.5) is 0 Å². The average Bonchev–Trinajstić information content (AvgIpc) is 2.68. The molecule has 1 aromatic heterocycles. The van der Waals surface area contributed by atoms with Crippen LogP contribution in [0.2, 0.25) is 0 Å². The van der Waals surface area contributed by atoms with E-state index in [1.165, 1.54) is 12.7 Å². The van der Waals surface area contributed by atoms with Crippen molar-refractivity contribution >= 4 is 16.9 Å². The first kappa shape index (κ1) is 19.8. The number of esters is 1. The Hall–Kier alpha value is -2.92. The highest BCUT2D eigenvalue weighted by Gasteiger charge is 2.20. The SMILES string of the molecule is COC(=O)c1c(CN(C)Cc2cc(C)ccc2OC)nc2ccccc2c1C. The van der Waals surface area contributed by atoms with Crippen molar-refractivity contribution in [2.45, 2.75) is 26.9 Å². The number of nitrogens with zero attached hydrogens (tertiary/aromatic N) is 2. The Morgan fingerprint density at radius 1 is 1.07 bits per heavy atom. The van der Waals surface area contributed by atoms with E-state index in [1.54, 1.807) is 7.11 Å². The Morgan fingerprint density at radius 3 is 2.54 bits per heavy atom. The molecule has 146 valence electrons. The number of para-hydroxylation sites is 1. The number of hydrogen-bond acceptors (Lipinski definition) is 5. The number of ether oxygens (including phenoxy) is 2. The normalized spacial score (nSPS) is 11.1. The van der Waals surface area contributed by atoms with Crippen LogP contribution in [0.25, 0.3) is 10.9 Å². The van der Waals surface area contributed by atoms with Gasteiger partial charge in [-0.1, -0.05) is 35.9 Å². The Labute approximate surface area is 165 Å². The number of hydrogen-bond donors (Lipinski definition) is 0. The fourth-order valence-corrected chi connectivity index (χ4v) is 3.56. The number of aromatic nitrogens is 1. The third-order valence-electron chi connectivity index (χ3n) is 4.91. The lowest BCUT2D eigenvalue weighted by Gasteiger charge is -2.21. The van der Waals surface area contributed by atoms with Crippen LogP contribution in [-0.4, -0.2) is 37.1 Å². The third kappa shape index (κ3) is 3.99. The number of carbonyl (C=O) groups excluding carboxylic acids is 1. The zero-order chi connectivity index (χ0) is 20.3. The van der Waals surface area contributed by atoms with Gasteiger partial charge in [-0.05, 0) is 38.6 Å². The minimum atomic E-state index is -0.354. The molecule has 0 unspecified atom stereocenters. The van der Waals surface area contributed by atoms with Gasteiger partial charge in [-0.15, -0.1) is 0 Å². The van der Waals surface area contributed by atoms with Gasteiger partial charge in [0.1, 0.15) is 5.75 Å². The maximum absolute atomic E-state index is 12.5. The van der Waals surface area contributed by atoms with Gasteiger partial charge in [-0.25, -0.2) is 4.79 Å². The zero-order valence-corrected chi connectivity index (χ0v) is 17.1. The van der Waals surface area contributed by atoms with E-state index in [-0.39, 0.29) is 5.97 Å². The van der Waals surface area contributed by atoms with Gasteiger partial charge in [0.15, 0.2) is 0 Å². The minimum absolute atomic E-state index is 0.354. The van der Waals surface area contributed by atoms with E-state index in [2.05, 4.69) is 17.9 Å². The Bertz CT molecular complexity index is 1010. The quantitative estimate of drug-likeness (QED) is 0.599. The summed E-state index contributed by atoms with van der Waals surface area (Å²) in [5, 5.41) is 0.967. The molecule has 0 fully saturated rings. The molecular formula is C23H26N2O3. The lowest BCUT2D eigenvalue weighted by Crippen LogP contribution is -2.22. The van der Waals surface area contributed by atoms with E-state index >= 15 is 0 Å². The van der Waals surface area contributed by atoms with Gasteiger partial charge in [0.2, 0.25) is 0 Å². The van der Waals surface area contributed by atoms with Crippen molar-refractivity contribution in [1.82, 2.24) is 9.88 Å². The van der Waals surface area contributed by atoms with Crippen LogP contribution in [-0.2, 0) is 17.8 Å². The number of rotatable bonds is 6. The van der Waals surface area contributed by atoms with Crippen LogP contribution in [0.1, 0.15) is 32.7 Å². The Balaban J connectivity index is 1.97. The molecule has 3 aromatic rings. The van der Waals surface area contributed by atoms with Crippen molar-refractivity contribution in [2.24, 2.45) is 0 Å². The summed E-state index contributed by atoms with van der Waals surface area (Å²) in [5.74, 6) is 0.501. The van der Waals surface area contributed by atoms with Gasteiger partial charge in [-0.3, -0.25) is 9.88 Å². The highest BCUT2D eigenvalue weighted by molar-refractivity contribution is 5.98. The van der Waals surface area contributed by atoms with Gasteiger partial charge in [0.05, 0.1) is 31.0 Å². The molecule has 0 aliphatic heterocycles. The predicted molar refractivity (Wildman–Crippen MR) is 111 cm³/mol. The summed E-state index contributed by atoms with van der Waals surface area (Å²) in [7, 11) is 5.09. The summed E-state index contributed by atoms with van der Waals surface area (Å²) in [6, 6.07) is 14.0. The summed E-state index contributed by atoms with van der Waals surface area (Å²) in [6.07, 6.45) is 0. The molecule has 2 aromatic carbocycles. The molecule has 0 saturated heterocycles. The van der Waals surface area contributed by atoms with E-state index in [1.807, 2.05) is 50.4 Å². The van der Waals surface area contributed by atoms with E-state index in [4.69, 9.17) is 14.5 Å². The molecule has 0 bridgehead atoms. The molecule has 5 heteroatoms. The minimum Gasteiger partial charge on any atom is -0.496 e. The van der Waals surface area contributed by atoms with Crippen molar-refractivity contribution in [3.8, 4) is 5.75 Å². The van der Waals surface area contributed by atoms with Crippen molar-refractivity contribution in [2.75, 3.05) is 21.3 Å². The molecular weight excluding hydrogens is 352 g/mol. The van der Waals surface area contributed by atoms with Crippen molar-refractivity contribution < 1.29 is 14.3 Å². The van der Waals surface area contributed by atoms with E-state index in [0.29, 0.717) is 18.7 Å². The summed E-state index contributed by atoms with van der Waals surface area (Å²) in [6.45, 7) is 5.21. The predicted octanol–water partition coefficient (Wildman–Crippen LogP) is 4.28. The van der Waals surface area contributed by atoms with Crippen molar-refractivity contribution in [3.63, 3.8) is 0 Å². The number of pyridine rings is 1. The summed E-state index contributed by atoms with van der Waals surface area (Å²) in [5.41, 5.74) is 5.32. The van der Waals surface area contributed by atoms with E-state index < -0.39 is 0 Å². The molecule has 5 nitrogen and oxygen atoms in total. The fourth-order valence-electron chi connectivity index (χ4n) is 3.56. The third-order valence-corrected chi connectivity index (χ3v) is 4.91. The van der Waals surface area contributed by atoms with Crippen LogP contribution in [0.3, 0.4) is 0 Å². The van der Waals surface area contributed by atoms with Crippen LogP contribution < -0.4 is 4.74 Å². The van der Waals surface area contributed by atoms with Crippen LogP contribution in [0.15, 0.2) is 42.5 Å². The average molecular weight is 378 g/mol. The highest BCUT2D eigenvalue weighted by atomic mass is 16.5. The van der Waals surface area contributed by atoms with Crippen molar-refractivity contribution in [1.29, 1.82) is 0 Å². The first-order valence-corrected chi connectivity index (χ1v) is 9.23. The second-order valence-corrected chi connectivity index (χ2v) is 7.05. The van der Waals surface area contributed by atoms with Crippen LogP contribution in [0.5, 0.6) is 5.75 Å². The molecule has 1 heterocycles. The van der Waals surface area contributed by atoms with Gasteiger partial charge < -0.3 is 9.47 Å². The zero-order valence-electron chi connectivity index (χ0n) is 17.1. The van der Waals surface area contributed by atoms with Gasteiger partial charge in [0, 0.05) is 24.0 Å². The van der Waals surface area contributed by atoms with E-state index in [0.717, 1.165) is 33.5 Å². The molecule has 0 aliphatic carbocycles. The number of aryl methyl sites for hydroxylation is 2. The summed E-state index contributed by atoms with van der Waals surface area (Å²) >= 11 is 0. The monoisotopic (exact) mass is 378 g/mol. The molecule has 0 spiro atoms. The second kappa shape index (κ2) is 8.40. The highest BCUT2D eigenvalue weighted by Crippen LogP contribution is 2.26. The molecule has 0 N–H and O–H groups in total. The number of carbonyl (C=O) groups is 1. The number of fused-ring (bicyclic) bond motifs is 1. The molecule has 0 saturated carbocycles. The fraction of sp³-hybridized carbons (Fsp3) is 0.304. The van der Waals surface area contributed by atoms with Crippen LogP contribution >= 0.6 is 0 Å². The molecule has 0 radical (unpaired) electrons. The lowest BCUT2D eigenvalue weighted by molar-refractivity contribution is 0.0597. The Kier molecular flexibility index (Phi) is 5.95. The molecule has 28 heavy (non-hydrogen) atoms. The standard InChI is InChI=1S/C23H26N2O3/c1-15-10-11-21(27-4)17(12-15)13-25(3)14-20-22(23(26)28-5)16(2)18-8-6-7-9-19(18)24-20/h6-12H,13-14H2,1-5H3.